The Morgan fingerprint density at radius 1 is 0.914 bits per heavy atom. The summed E-state index contributed by atoms with van der Waals surface area (Å²) in [7, 11) is -1.36. The minimum absolute atomic E-state index is 0.423. The maximum Gasteiger partial charge on any atom is 0.129 e. The van der Waals surface area contributed by atoms with Crippen LogP contribution in [0.3, 0.4) is 0 Å². The summed E-state index contributed by atoms with van der Waals surface area (Å²) in [4.78, 5) is 5.30. The van der Waals surface area contributed by atoms with Gasteiger partial charge in [-0.15, -0.1) is 5.54 Å². The summed E-state index contributed by atoms with van der Waals surface area (Å²) in [6.07, 6.45) is 7.80. The molecule has 4 heteroatoms. The molecule has 2 atom stereocenters. The minimum Gasteiger partial charge on any atom is -0.494 e. The zero-order chi connectivity index (χ0) is 24.3. The molecule has 0 aliphatic carbocycles. The molecule has 0 amide bonds. The van der Waals surface area contributed by atoms with Gasteiger partial charge in [-0.25, -0.2) is 0 Å². The van der Waals surface area contributed by atoms with Gasteiger partial charge in [-0.05, 0) is 92.7 Å². The molecule has 2 fully saturated rings. The van der Waals surface area contributed by atoms with Crippen LogP contribution in [-0.4, -0.2) is 57.2 Å². The van der Waals surface area contributed by atoms with Gasteiger partial charge in [-0.3, -0.25) is 4.90 Å². The van der Waals surface area contributed by atoms with Gasteiger partial charge in [0.15, 0.2) is 0 Å². The molecule has 5 rings (SSSR count). The van der Waals surface area contributed by atoms with Crippen molar-refractivity contribution in [1.82, 2.24) is 9.80 Å². The van der Waals surface area contributed by atoms with Crippen LogP contribution in [0.4, 0.5) is 0 Å². The van der Waals surface area contributed by atoms with Crippen LogP contribution in [-0.2, 0) is 0 Å². The summed E-state index contributed by atoms with van der Waals surface area (Å²) in [5.41, 5.74) is 9.03. The zero-order valence-corrected chi connectivity index (χ0v) is 23.0. The Hall–Kier alpha value is -2.06. The summed E-state index contributed by atoms with van der Waals surface area (Å²) in [6.45, 7) is 13.7. The number of hydrogen-bond acceptors (Lipinski definition) is 3. The molecule has 3 aliphatic rings. The van der Waals surface area contributed by atoms with Crippen molar-refractivity contribution >= 4 is 8.07 Å². The number of rotatable bonds is 6. The first kappa shape index (κ1) is 24.6. The molecule has 0 saturated carbocycles. The summed E-state index contributed by atoms with van der Waals surface area (Å²) in [5, 5.41) is 0. The molecule has 3 aliphatic heterocycles. The number of piperidine rings is 1. The number of likely N-dealkylation sites (tertiary alicyclic amines) is 1. The van der Waals surface area contributed by atoms with E-state index in [1.165, 1.54) is 75.0 Å². The Kier molecular flexibility index (Phi) is 7.67. The molecule has 2 aromatic rings. The second kappa shape index (κ2) is 10.9. The summed E-state index contributed by atoms with van der Waals surface area (Å²) < 4.78 is 6.27. The molecular weight excluding hydrogens is 444 g/mol. The second-order valence-corrected chi connectivity index (χ2v) is 16.5. The highest BCUT2D eigenvalue weighted by Gasteiger charge is 2.36. The lowest BCUT2D eigenvalue weighted by Gasteiger charge is -2.37. The minimum atomic E-state index is -1.36. The van der Waals surface area contributed by atoms with E-state index in [9.17, 15) is 0 Å². The van der Waals surface area contributed by atoms with Gasteiger partial charge >= 0.3 is 0 Å². The third-order valence-corrected chi connectivity index (χ3v) is 8.68. The highest BCUT2D eigenvalue weighted by atomic mass is 28.3. The highest BCUT2D eigenvalue weighted by Crippen LogP contribution is 2.45. The van der Waals surface area contributed by atoms with Crippen LogP contribution in [0.5, 0.6) is 5.75 Å². The van der Waals surface area contributed by atoms with Gasteiger partial charge in [-0.1, -0.05) is 50.2 Å². The lowest BCUT2D eigenvalue weighted by Crippen LogP contribution is -2.34. The predicted molar refractivity (Wildman–Crippen MR) is 149 cm³/mol. The summed E-state index contributed by atoms with van der Waals surface area (Å²) in [5.74, 6) is 4.88. The van der Waals surface area contributed by atoms with Crippen molar-refractivity contribution < 1.29 is 4.74 Å². The lowest BCUT2D eigenvalue weighted by molar-refractivity contribution is 0.204. The fourth-order valence-corrected chi connectivity index (χ4v) is 6.50. The number of benzene rings is 2. The fourth-order valence-electron chi connectivity index (χ4n) is 5.98. The molecule has 0 aromatic heterocycles. The first-order valence-corrected chi connectivity index (χ1v) is 17.3. The largest absolute Gasteiger partial charge is 0.494 e. The first-order chi connectivity index (χ1) is 17.0. The van der Waals surface area contributed by atoms with Gasteiger partial charge in [0.1, 0.15) is 13.8 Å². The topological polar surface area (TPSA) is 15.7 Å². The summed E-state index contributed by atoms with van der Waals surface area (Å²) in [6, 6.07) is 16.5. The van der Waals surface area contributed by atoms with Gasteiger partial charge in [0.05, 0.1) is 6.61 Å². The quantitative estimate of drug-likeness (QED) is 0.265. The Morgan fingerprint density at radius 3 is 2.49 bits per heavy atom. The van der Waals surface area contributed by atoms with Crippen LogP contribution in [0.1, 0.15) is 72.7 Å². The zero-order valence-electron chi connectivity index (χ0n) is 22.0. The molecule has 0 bridgehead atoms. The standard InChI is InChI=1S/C31H42N2OSi/c1-35(2,3)22-16-25-10-12-26(13-11-25)30-24-33-20-7-9-31(33)29-23-27(14-15-28(29)30)34-21-8-19-32-17-5-4-6-18-32/h10-15,23,30-31H,4-9,17-21,24H2,1-3H3. The molecule has 0 radical (unpaired) electrons. The van der Waals surface area contributed by atoms with Crippen molar-refractivity contribution in [2.45, 2.75) is 70.1 Å². The van der Waals surface area contributed by atoms with E-state index in [0.29, 0.717) is 12.0 Å². The molecule has 0 spiro atoms. The first-order valence-electron chi connectivity index (χ1n) is 13.8. The van der Waals surface area contributed by atoms with Crippen LogP contribution in [0.15, 0.2) is 42.5 Å². The van der Waals surface area contributed by atoms with Crippen molar-refractivity contribution in [2.75, 3.05) is 39.3 Å². The summed E-state index contributed by atoms with van der Waals surface area (Å²) >= 11 is 0. The Bertz CT molecular complexity index is 1060. The van der Waals surface area contributed by atoms with E-state index in [1.807, 2.05) is 0 Å². The van der Waals surface area contributed by atoms with Crippen LogP contribution in [0.25, 0.3) is 0 Å². The normalized spacial score (nSPS) is 22.7. The van der Waals surface area contributed by atoms with Crippen LogP contribution in [0, 0.1) is 11.5 Å². The van der Waals surface area contributed by atoms with Crippen LogP contribution in [0.2, 0.25) is 19.6 Å². The van der Waals surface area contributed by atoms with Gasteiger partial charge in [0.25, 0.3) is 0 Å². The van der Waals surface area contributed by atoms with E-state index < -0.39 is 8.07 Å². The lowest BCUT2D eigenvalue weighted by atomic mass is 9.81. The fraction of sp³-hybridized carbons (Fsp3) is 0.548. The smallest absolute Gasteiger partial charge is 0.129 e. The van der Waals surface area contributed by atoms with Crippen LogP contribution >= 0.6 is 0 Å². The third kappa shape index (κ3) is 6.20. The number of nitrogens with zero attached hydrogens (tertiary/aromatic N) is 2. The number of ether oxygens (including phenoxy) is 1. The van der Waals surface area contributed by atoms with E-state index in [4.69, 9.17) is 4.74 Å². The molecule has 186 valence electrons. The van der Waals surface area contributed by atoms with Gasteiger partial charge in [-0.2, -0.15) is 0 Å². The van der Waals surface area contributed by atoms with E-state index in [2.05, 4.69) is 83.4 Å². The molecule has 35 heavy (non-hydrogen) atoms. The van der Waals surface area contributed by atoms with Gasteiger partial charge in [0, 0.05) is 30.6 Å². The molecule has 2 saturated heterocycles. The van der Waals surface area contributed by atoms with Crippen molar-refractivity contribution in [3.05, 3.63) is 64.7 Å². The van der Waals surface area contributed by atoms with E-state index in [-0.39, 0.29) is 0 Å². The molecule has 3 heterocycles. The molecule has 3 nitrogen and oxygen atoms in total. The molecule has 2 unspecified atom stereocenters. The average Bonchev–Trinajstić information content (AvgIpc) is 3.34. The Balaban J connectivity index is 1.29. The average molecular weight is 487 g/mol. The van der Waals surface area contributed by atoms with E-state index in [0.717, 1.165) is 30.9 Å². The van der Waals surface area contributed by atoms with Crippen LogP contribution < -0.4 is 4.74 Å². The van der Waals surface area contributed by atoms with Crippen molar-refractivity contribution in [2.24, 2.45) is 0 Å². The van der Waals surface area contributed by atoms with Crippen molar-refractivity contribution in [1.29, 1.82) is 0 Å². The maximum atomic E-state index is 6.27. The van der Waals surface area contributed by atoms with E-state index >= 15 is 0 Å². The van der Waals surface area contributed by atoms with E-state index in [1.54, 1.807) is 0 Å². The number of fused-ring (bicyclic) bond motifs is 3. The van der Waals surface area contributed by atoms with Gasteiger partial charge in [0.2, 0.25) is 0 Å². The second-order valence-electron chi connectivity index (χ2n) is 11.7. The predicted octanol–water partition coefficient (Wildman–Crippen LogP) is 6.45. The Labute approximate surface area is 213 Å². The van der Waals surface area contributed by atoms with Crippen molar-refractivity contribution in [3.8, 4) is 17.2 Å². The monoisotopic (exact) mass is 486 g/mol. The highest BCUT2D eigenvalue weighted by molar-refractivity contribution is 6.83. The number of hydrogen-bond donors (Lipinski definition) is 0. The third-order valence-electron chi connectivity index (χ3n) is 7.80. The maximum absolute atomic E-state index is 6.27. The van der Waals surface area contributed by atoms with Crippen molar-refractivity contribution in [3.63, 3.8) is 0 Å². The Morgan fingerprint density at radius 2 is 1.71 bits per heavy atom. The molecule has 0 N–H and O–H groups in total. The van der Waals surface area contributed by atoms with Gasteiger partial charge < -0.3 is 9.64 Å². The molecular formula is C31H42N2OSi. The molecule has 2 aromatic carbocycles. The SMILES string of the molecule is C[Si](C)(C)C#Cc1ccc(C2CN3CCCC3c3cc(OCCCN4CCCCC4)ccc32)cc1.